The Morgan fingerprint density at radius 1 is 1.35 bits per heavy atom. The van der Waals surface area contributed by atoms with Gasteiger partial charge < -0.3 is 5.11 Å². The van der Waals surface area contributed by atoms with Gasteiger partial charge in [0.05, 0.1) is 11.5 Å². The molecule has 0 unspecified atom stereocenters. The molecule has 1 rings (SSSR count). The molecule has 0 heterocycles. The van der Waals surface area contributed by atoms with Gasteiger partial charge in [0.1, 0.15) is 5.82 Å². The molecule has 0 radical (unpaired) electrons. The van der Waals surface area contributed by atoms with E-state index in [2.05, 4.69) is 4.72 Å². The Labute approximate surface area is 123 Å². The van der Waals surface area contributed by atoms with Gasteiger partial charge in [0.2, 0.25) is 10.0 Å². The van der Waals surface area contributed by atoms with Gasteiger partial charge in [0.15, 0.2) is 0 Å². The minimum atomic E-state index is -3.74. The minimum Gasteiger partial charge on any atom is -0.392 e. The van der Waals surface area contributed by atoms with Crippen LogP contribution in [0.1, 0.15) is 24.0 Å². The average Bonchev–Trinajstić information content (AvgIpc) is 2.41. The third kappa shape index (κ3) is 4.73. The second-order valence-electron chi connectivity index (χ2n) is 4.46. The van der Waals surface area contributed by atoms with Crippen LogP contribution in [0, 0.1) is 12.7 Å². The number of sulfonamides is 1. The van der Waals surface area contributed by atoms with Gasteiger partial charge in [0.25, 0.3) is 0 Å². The second-order valence-corrected chi connectivity index (χ2v) is 7.18. The van der Waals surface area contributed by atoms with Crippen molar-refractivity contribution in [2.45, 2.75) is 31.3 Å². The molecule has 2 N–H and O–H groups in total. The molecule has 0 atom stereocenters. The summed E-state index contributed by atoms with van der Waals surface area (Å²) in [6.45, 7) is 1.35. The number of benzene rings is 1. The number of hydrogen-bond donors (Lipinski definition) is 2. The van der Waals surface area contributed by atoms with E-state index in [1.54, 1.807) is 11.8 Å². The predicted octanol–water partition coefficient (Wildman–Crippen LogP) is 2.05. The smallest absolute Gasteiger partial charge is 0.240 e. The molecular weight excluding hydrogens is 301 g/mol. The number of unbranched alkanes of at least 4 members (excludes halogenated alkanes) is 1. The molecule has 0 aromatic heterocycles. The molecule has 114 valence electrons. The number of aliphatic hydroxyl groups is 1. The Morgan fingerprint density at radius 3 is 2.65 bits per heavy atom. The minimum absolute atomic E-state index is 0.0683. The van der Waals surface area contributed by atoms with E-state index in [0.717, 1.165) is 24.7 Å². The zero-order valence-corrected chi connectivity index (χ0v) is 13.3. The molecule has 20 heavy (non-hydrogen) atoms. The van der Waals surface area contributed by atoms with E-state index >= 15 is 0 Å². The maximum Gasteiger partial charge on any atom is 0.240 e. The van der Waals surface area contributed by atoms with Crippen LogP contribution in [-0.2, 0) is 16.6 Å². The number of thioether (sulfide) groups is 1. The molecule has 7 heteroatoms. The predicted molar refractivity (Wildman–Crippen MR) is 79.9 cm³/mol. The highest BCUT2D eigenvalue weighted by Crippen LogP contribution is 2.20. The van der Waals surface area contributed by atoms with Crippen molar-refractivity contribution >= 4 is 21.8 Å². The zero-order valence-electron chi connectivity index (χ0n) is 11.6. The fourth-order valence-electron chi connectivity index (χ4n) is 1.73. The van der Waals surface area contributed by atoms with E-state index in [4.69, 9.17) is 5.11 Å². The van der Waals surface area contributed by atoms with E-state index < -0.39 is 22.4 Å². The molecular formula is C13H20FNO3S2. The van der Waals surface area contributed by atoms with Crippen molar-refractivity contribution in [2.24, 2.45) is 0 Å². The van der Waals surface area contributed by atoms with Crippen molar-refractivity contribution in [1.82, 2.24) is 4.72 Å². The lowest BCUT2D eigenvalue weighted by atomic mass is 10.1. The Kier molecular flexibility index (Phi) is 6.94. The monoisotopic (exact) mass is 321 g/mol. The summed E-state index contributed by atoms with van der Waals surface area (Å²) in [6.07, 6.45) is 3.66. The summed E-state index contributed by atoms with van der Waals surface area (Å²) in [5.41, 5.74) is 0.315. The van der Waals surface area contributed by atoms with Gasteiger partial charge in [-0.2, -0.15) is 11.8 Å². The summed E-state index contributed by atoms with van der Waals surface area (Å²) in [5.74, 6) is 0.356. The molecule has 0 aliphatic carbocycles. The molecule has 0 saturated carbocycles. The first-order valence-electron chi connectivity index (χ1n) is 6.31. The van der Waals surface area contributed by atoms with Crippen LogP contribution in [-0.4, -0.2) is 32.1 Å². The highest BCUT2D eigenvalue weighted by molar-refractivity contribution is 7.98. The molecule has 0 aliphatic rings. The Balaban J connectivity index is 2.84. The lowest BCUT2D eigenvalue weighted by Gasteiger charge is -2.11. The standard InChI is InChI=1S/C13H20FNO3S2/c1-10-12(14)7-11(9-16)8-13(10)20(17,18)15-5-3-4-6-19-2/h7-8,15-16H,3-6,9H2,1-2H3. The number of aliphatic hydroxyl groups excluding tert-OH is 1. The lowest BCUT2D eigenvalue weighted by Crippen LogP contribution is -2.26. The molecule has 0 bridgehead atoms. The van der Waals surface area contributed by atoms with Crippen LogP contribution < -0.4 is 4.72 Å². The number of halogens is 1. The van der Waals surface area contributed by atoms with Gasteiger partial charge in [-0.3, -0.25) is 0 Å². The highest BCUT2D eigenvalue weighted by atomic mass is 32.2. The molecule has 1 aromatic rings. The molecule has 0 amide bonds. The van der Waals surface area contributed by atoms with Crippen molar-refractivity contribution in [2.75, 3.05) is 18.6 Å². The van der Waals surface area contributed by atoms with Gasteiger partial charge in [-0.25, -0.2) is 17.5 Å². The molecule has 0 aliphatic heterocycles. The molecule has 0 saturated heterocycles. The SMILES string of the molecule is CSCCCCNS(=O)(=O)c1cc(CO)cc(F)c1C. The van der Waals surface area contributed by atoms with Crippen LogP contribution in [0.5, 0.6) is 0 Å². The number of rotatable bonds is 8. The van der Waals surface area contributed by atoms with Crippen molar-refractivity contribution < 1.29 is 17.9 Å². The van der Waals surface area contributed by atoms with Crippen LogP contribution in [0.2, 0.25) is 0 Å². The average molecular weight is 321 g/mol. The van der Waals surface area contributed by atoms with E-state index in [1.807, 2.05) is 6.26 Å². The normalized spacial score (nSPS) is 11.8. The summed E-state index contributed by atoms with van der Waals surface area (Å²) in [4.78, 5) is -0.105. The summed E-state index contributed by atoms with van der Waals surface area (Å²) in [6, 6.07) is 2.45. The molecule has 4 nitrogen and oxygen atoms in total. The van der Waals surface area contributed by atoms with E-state index in [1.165, 1.54) is 13.0 Å². The summed E-state index contributed by atoms with van der Waals surface area (Å²) < 4.78 is 40.4. The first-order chi connectivity index (χ1) is 9.42. The van der Waals surface area contributed by atoms with Crippen LogP contribution in [0.25, 0.3) is 0 Å². The summed E-state index contributed by atoms with van der Waals surface area (Å²) in [7, 11) is -3.74. The maximum atomic E-state index is 13.6. The summed E-state index contributed by atoms with van der Waals surface area (Å²) >= 11 is 1.71. The van der Waals surface area contributed by atoms with E-state index in [-0.39, 0.29) is 16.0 Å². The fourth-order valence-corrected chi connectivity index (χ4v) is 3.60. The van der Waals surface area contributed by atoms with Crippen LogP contribution in [0.3, 0.4) is 0 Å². The van der Waals surface area contributed by atoms with Crippen molar-refractivity contribution in [3.63, 3.8) is 0 Å². The molecule has 1 aromatic carbocycles. The molecule has 0 fully saturated rings. The number of hydrogen-bond acceptors (Lipinski definition) is 4. The third-order valence-electron chi connectivity index (χ3n) is 2.90. The number of nitrogens with one attached hydrogen (secondary N) is 1. The van der Waals surface area contributed by atoms with Crippen LogP contribution in [0.4, 0.5) is 4.39 Å². The lowest BCUT2D eigenvalue weighted by molar-refractivity contribution is 0.281. The topological polar surface area (TPSA) is 66.4 Å². The largest absolute Gasteiger partial charge is 0.392 e. The fraction of sp³-hybridized carbons (Fsp3) is 0.538. The second kappa shape index (κ2) is 7.97. The Bertz CT molecular complexity index is 547. The van der Waals surface area contributed by atoms with Gasteiger partial charge >= 0.3 is 0 Å². The first kappa shape index (κ1) is 17.4. The van der Waals surface area contributed by atoms with Crippen molar-refractivity contribution in [1.29, 1.82) is 0 Å². The quantitative estimate of drug-likeness (QED) is 0.719. The third-order valence-corrected chi connectivity index (χ3v) is 5.18. The van der Waals surface area contributed by atoms with Crippen LogP contribution in [0.15, 0.2) is 17.0 Å². The van der Waals surface area contributed by atoms with E-state index in [9.17, 15) is 12.8 Å². The van der Waals surface area contributed by atoms with E-state index in [0.29, 0.717) is 6.54 Å². The highest BCUT2D eigenvalue weighted by Gasteiger charge is 2.19. The zero-order chi connectivity index (χ0) is 15.2. The van der Waals surface area contributed by atoms with Gasteiger partial charge in [-0.05, 0) is 49.5 Å². The maximum absolute atomic E-state index is 13.6. The van der Waals surface area contributed by atoms with Gasteiger partial charge in [-0.15, -0.1) is 0 Å². The van der Waals surface area contributed by atoms with Crippen molar-refractivity contribution in [3.8, 4) is 0 Å². The Morgan fingerprint density at radius 2 is 2.05 bits per heavy atom. The van der Waals surface area contributed by atoms with Gasteiger partial charge in [-0.1, -0.05) is 0 Å². The van der Waals surface area contributed by atoms with Crippen molar-refractivity contribution in [3.05, 3.63) is 29.1 Å². The summed E-state index contributed by atoms with van der Waals surface area (Å²) in [5, 5.41) is 9.03. The Hall–Kier alpha value is -0.630. The van der Waals surface area contributed by atoms with Gasteiger partial charge in [0, 0.05) is 12.1 Å². The van der Waals surface area contributed by atoms with Crippen LogP contribution >= 0.6 is 11.8 Å². The molecule has 0 spiro atoms. The first-order valence-corrected chi connectivity index (χ1v) is 9.18.